The summed E-state index contributed by atoms with van der Waals surface area (Å²) in [5, 5.41) is 1.80. The number of rotatable bonds is 3. The van der Waals surface area contributed by atoms with E-state index < -0.39 is 0 Å². The van der Waals surface area contributed by atoms with E-state index in [-0.39, 0.29) is 5.91 Å². The SMILES string of the molecule is O=C1/C(=C/c2ccc3cc[nH]c3c2)S/C(=N\c2ccccc2)N1c1ccccc1. The van der Waals surface area contributed by atoms with Crippen molar-refractivity contribution in [3.05, 3.63) is 102 Å². The van der Waals surface area contributed by atoms with Crippen molar-refractivity contribution in [3.63, 3.8) is 0 Å². The molecule has 1 aromatic heterocycles. The second kappa shape index (κ2) is 7.45. The van der Waals surface area contributed by atoms with Crippen LogP contribution in [0.2, 0.25) is 0 Å². The van der Waals surface area contributed by atoms with E-state index >= 15 is 0 Å². The largest absolute Gasteiger partial charge is 0.361 e. The van der Waals surface area contributed by atoms with Crippen LogP contribution >= 0.6 is 11.8 Å². The van der Waals surface area contributed by atoms with Gasteiger partial charge in [-0.15, -0.1) is 0 Å². The number of aromatic amines is 1. The van der Waals surface area contributed by atoms with Crippen molar-refractivity contribution in [1.82, 2.24) is 4.98 Å². The summed E-state index contributed by atoms with van der Waals surface area (Å²) in [6.07, 6.45) is 3.84. The second-order valence-electron chi connectivity index (χ2n) is 6.64. The Morgan fingerprint density at radius 3 is 2.45 bits per heavy atom. The molecule has 1 fully saturated rings. The zero-order valence-corrected chi connectivity index (χ0v) is 16.3. The number of aliphatic imine (C=N–C) groups is 1. The number of amidine groups is 1. The summed E-state index contributed by atoms with van der Waals surface area (Å²) in [5.41, 5.74) is 3.65. The van der Waals surface area contributed by atoms with E-state index in [1.54, 1.807) is 4.90 Å². The minimum absolute atomic E-state index is 0.0672. The highest BCUT2D eigenvalue weighted by Crippen LogP contribution is 2.37. The lowest BCUT2D eigenvalue weighted by atomic mass is 10.1. The van der Waals surface area contributed by atoms with E-state index in [0.717, 1.165) is 27.8 Å². The molecule has 0 atom stereocenters. The molecule has 0 bridgehead atoms. The maximum absolute atomic E-state index is 13.3. The van der Waals surface area contributed by atoms with Crippen LogP contribution < -0.4 is 4.90 Å². The molecular weight excluding hydrogens is 378 g/mol. The molecule has 2 heterocycles. The molecule has 3 aromatic carbocycles. The minimum atomic E-state index is -0.0672. The van der Waals surface area contributed by atoms with Gasteiger partial charge in [-0.2, -0.15) is 0 Å². The predicted molar refractivity (Wildman–Crippen MR) is 121 cm³/mol. The fraction of sp³-hybridized carbons (Fsp3) is 0. The highest BCUT2D eigenvalue weighted by Gasteiger charge is 2.34. The lowest BCUT2D eigenvalue weighted by Crippen LogP contribution is -2.28. The van der Waals surface area contributed by atoms with Gasteiger partial charge in [0.05, 0.1) is 16.3 Å². The van der Waals surface area contributed by atoms with Gasteiger partial charge in [0.1, 0.15) is 0 Å². The maximum atomic E-state index is 13.3. The van der Waals surface area contributed by atoms with Crippen molar-refractivity contribution in [3.8, 4) is 0 Å². The minimum Gasteiger partial charge on any atom is -0.361 e. The van der Waals surface area contributed by atoms with Crippen molar-refractivity contribution >= 4 is 51.2 Å². The molecule has 1 N–H and O–H groups in total. The number of aromatic nitrogens is 1. The van der Waals surface area contributed by atoms with Gasteiger partial charge in [0.25, 0.3) is 5.91 Å². The molecule has 0 aliphatic carbocycles. The Bertz CT molecular complexity index is 1240. The van der Waals surface area contributed by atoms with Crippen LogP contribution in [-0.4, -0.2) is 16.1 Å². The summed E-state index contributed by atoms with van der Waals surface area (Å²) in [6.45, 7) is 0. The quantitative estimate of drug-likeness (QED) is 0.434. The zero-order chi connectivity index (χ0) is 19.6. The number of hydrogen-bond donors (Lipinski definition) is 1. The standard InChI is InChI=1S/C24H17N3OS/c28-23-22(16-17-11-12-18-13-14-25-21(18)15-17)29-24(26-19-7-3-1-4-8-19)27(23)20-9-5-2-6-10-20/h1-16,25H/b22-16-,26-24-. The van der Waals surface area contributed by atoms with Crippen LogP contribution in [0.15, 0.2) is 101 Å². The first-order valence-electron chi connectivity index (χ1n) is 9.28. The number of anilines is 1. The van der Waals surface area contributed by atoms with E-state index in [1.807, 2.05) is 85.1 Å². The molecule has 1 saturated heterocycles. The number of para-hydroxylation sites is 2. The number of carbonyl (C=O) groups is 1. The summed E-state index contributed by atoms with van der Waals surface area (Å²) in [4.78, 5) is 23.6. The Hall–Kier alpha value is -3.57. The molecule has 1 amide bonds. The van der Waals surface area contributed by atoms with Crippen molar-refractivity contribution < 1.29 is 4.79 Å². The van der Waals surface area contributed by atoms with Gasteiger partial charge >= 0.3 is 0 Å². The van der Waals surface area contributed by atoms with Crippen molar-refractivity contribution in [1.29, 1.82) is 0 Å². The van der Waals surface area contributed by atoms with Crippen molar-refractivity contribution in [2.24, 2.45) is 4.99 Å². The predicted octanol–water partition coefficient (Wildman–Crippen LogP) is 5.98. The van der Waals surface area contributed by atoms with Crippen molar-refractivity contribution in [2.75, 3.05) is 4.90 Å². The number of nitrogens with one attached hydrogen (secondary N) is 1. The number of hydrogen-bond acceptors (Lipinski definition) is 3. The molecule has 140 valence electrons. The summed E-state index contributed by atoms with van der Waals surface area (Å²) in [5.74, 6) is -0.0672. The van der Waals surface area contributed by atoms with Crippen LogP contribution in [0.4, 0.5) is 11.4 Å². The molecule has 4 nitrogen and oxygen atoms in total. The summed E-state index contributed by atoms with van der Waals surface area (Å²) in [6, 6.07) is 27.5. The van der Waals surface area contributed by atoms with Crippen LogP contribution in [0.5, 0.6) is 0 Å². The number of amides is 1. The first-order valence-corrected chi connectivity index (χ1v) is 10.1. The third-order valence-corrected chi connectivity index (χ3v) is 5.65. The van der Waals surface area contributed by atoms with Gasteiger partial charge in [-0.1, -0.05) is 48.5 Å². The highest BCUT2D eigenvalue weighted by atomic mass is 32.2. The third-order valence-electron chi connectivity index (χ3n) is 4.68. The van der Waals surface area contributed by atoms with Gasteiger partial charge in [0.2, 0.25) is 0 Å². The number of carbonyl (C=O) groups excluding carboxylic acids is 1. The molecule has 4 aromatic rings. The molecule has 0 unspecified atom stereocenters. The summed E-state index contributed by atoms with van der Waals surface area (Å²) < 4.78 is 0. The van der Waals surface area contributed by atoms with Gasteiger partial charge in [-0.25, -0.2) is 4.99 Å². The van der Waals surface area contributed by atoms with Gasteiger partial charge in [0, 0.05) is 11.7 Å². The Morgan fingerprint density at radius 2 is 1.66 bits per heavy atom. The first-order chi connectivity index (χ1) is 14.3. The first kappa shape index (κ1) is 17.5. The molecule has 0 radical (unpaired) electrons. The number of nitrogens with zero attached hydrogens (tertiary/aromatic N) is 2. The number of thioether (sulfide) groups is 1. The number of fused-ring (bicyclic) bond motifs is 1. The lowest BCUT2D eigenvalue weighted by molar-refractivity contribution is -0.113. The molecule has 1 aliphatic heterocycles. The van der Waals surface area contributed by atoms with E-state index in [4.69, 9.17) is 4.99 Å². The van der Waals surface area contributed by atoms with E-state index in [1.165, 1.54) is 11.8 Å². The highest BCUT2D eigenvalue weighted by molar-refractivity contribution is 8.19. The van der Waals surface area contributed by atoms with Gasteiger partial charge in [-0.3, -0.25) is 9.69 Å². The number of benzene rings is 3. The fourth-order valence-corrected chi connectivity index (χ4v) is 4.27. The molecule has 29 heavy (non-hydrogen) atoms. The Balaban J connectivity index is 1.57. The smallest absolute Gasteiger partial charge is 0.271 e. The maximum Gasteiger partial charge on any atom is 0.271 e. The zero-order valence-electron chi connectivity index (χ0n) is 15.4. The average molecular weight is 395 g/mol. The van der Waals surface area contributed by atoms with Gasteiger partial charge < -0.3 is 4.98 Å². The summed E-state index contributed by atoms with van der Waals surface area (Å²) >= 11 is 1.40. The fourth-order valence-electron chi connectivity index (χ4n) is 3.27. The van der Waals surface area contributed by atoms with Crippen LogP contribution in [-0.2, 0) is 4.79 Å². The topological polar surface area (TPSA) is 48.5 Å². The molecular formula is C24H17N3OS. The molecule has 0 spiro atoms. The molecule has 0 saturated carbocycles. The van der Waals surface area contributed by atoms with Crippen LogP contribution in [0.3, 0.4) is 0 Å². The van der Waals surface area contributed by atoms with Crippen molar-refractivity contribution in [2.45, 2.75) is 0 Å². The normalized spacial score (nSPS) is 17.0. The average Bonchev–Trinajstić information content (AvgIpc) is 3.34. The Kier molecular flexibility index (Phi) is 4.50. The van der Waals surface area contributed by atoms with E-state index in [0.29, 0.717) is 10.1 Å². The lowest BCUT2D eigenvalue weighted by Gasteiger charge is -2.15. The van der Waals surface area contributed by atoms with Gasteiger partial charge in [-0.05, 0) is 65.2 Å². The molecule has 5 heteroatoms. The summed E-state index contributed by atoms with van der Waals surface area (Å²) in [7, 11) is 0. The number of H-pyrrole nitrogens is 1. The van der Waals surface area contributed by atoms with E-state index in [2.05, 4.69) is 17.1 Å². The van der Waals surface area contributed by atoms with Crippen LogP contribution in [0.1, 0.15) is 5.56 Å². The Morgan fingerprint density at radius 1 is 0.897 bits per heavy atom. The Labute approximate surface area is 172 Å². The van der Waals surface area contributed by atoms with E-state index in [9.17, 15) is 4.79 Å². The molecule has 1 aliphatic rings. The molecule has 5 rings (SSSR count). The van der Waals surface area contributed by atoms with Crippen LogP contribution in [0, 0.1) is 0 Å². The second-order valence-corrected chi connectivity index (χ2v) is 7.65. The van der Waals surface area contributed by atoms with Gasteiger partial charge in [0.15, 0.2) is 5.17 Å². The monoisotopic (exact) mass is 395 g/mol. The van der Waals surface area contributed by atoms with Crippen LogP contribution in [0.25, 0.3) is 17.0 Å². The third kappa shape index (κ3) is 3.48.